The third-order valence-corrected chi connectivity index (χ3v) is 7.36. The smallest absolute Gasteiger partial charge is 0.328 e. The number of unbranched alkanes of at least 4 members (excludes halogenated alkanes) is 2. The van der Waals surface area contributed by atoms with Gasteiger partial charge >= 0.3 is 5.97 Å². The highest BCUT2D eigenvalue weighted by molar-refractivity contribution is 5.80. The molecule has 4 aromatic rings. The average Bonchev–Trinajstić information content (AvgIpc) is 3.53. The molecule has 2 aromatic heterocycles. The fourth-order valence-electron chi connectivity index (χ4n) is 5.45. The van der Waals surface area contributed by atoms with Gasteiger partial charge in [0.1, 0.15) is 6.04 Å². The predicted octanol–water partition coefficient (Wildman–Crippen LogP) is 4.80. The van der Waals surface area contributed by atoms with Crippen LogP contribution in [0.4, 0.5) is 0 Å². The summed E-state index contributed by atoms with van der Waals surface area (Å²) in [7, 11) is 0. The maximum atomic E-state index is 13.6. The van der Waals surface area contributed by atoms with E-state index in [0.717, 1.165) is 52.8 Å². The van der Waals surface area contributed by atoms with E-state index in [0.29, 0.717) is 31.5 Å². The average molecular weight is 501 g/mol. The van der Waals surface area contributed by atoms with Crippen molar-refractivity contribution in [2.24, 2.45) is 0 Å². The SMILES string of the molecule is CCCCCc1c(Cc2ccc(-c3ccccc3-c3nn[nH]n3)cc2)c(=O)n2n1C(C(=O)O)CCC2C. The summed E-state index contributed by atoms with van der Waals surface area (Å²) in [4.78, 5) is 25.8. The van der Waals surface area contributed by atoms with E-state index in [9.17, 15) is 14.7 Å². The van der Waals surface area contributed by atoms with Crippen LogP contribution in [0.1, 0.15) is 74.9 Å². The van der Waals surface area contributed by atoms with Gasteiger partial charge in [0.05, 0.1) is 6.04 Å². The summed E-state index contributed by atoms with van der Waals surface area (Å²) in [6, 6.07) is 15.3. The molecule has 0 saturated carbocycles. The van der Waals surface area contributed by atoms with Crippen LogP contribution in [0.5, 0.6) is 0 Å². The standard InChI is InChI=1S/C28H32N6O3/c1-3-4-5-10-24-23(27(35)33-18(2)11-16-25(28(36)37)34(24)33)17-19-12-14-20(15-13-19)21-8-6-7-9-22(21)26-29-31-32-30-26/h6-9,12-15,18,25H,3-5,10-11,16-17H2,1-2H3,(H,36,37)(H,29,30,31,32). The van der Waals surface area contributed by atoms with Crippen molar-refractivity contribution in [2.75, 3.05) is 0 Å². The third-order valence-electron chi connectivity index (χ3n) is 7.36. The van der Waals surface area contributed by atoms with E-state index in [1.807, 2.05) is 55.5 Å². The summed E-state index contributed by atoms with van der Waals surface area (Å²) < 4.78 is 3.51. The molecule has 0 bridgehead atoms. The number of tetrazole rings is 1. The normalized spacial score (nSPS) is 17.0. The van der Waals surface area contributed by atoms with E-state index < -0.39 is 12.0 Å². The summed E-state index contributed by atoms with van der Waals surface area (Å²) in [5.41, 5.74) is 5.44. The van der Waals surface area contributed by atoms with E-state index in [1.54, 1.807) is 9.36 Å². The second-order valence-electron chi connectivity index (χ2n) is 9.81. The minimum atomic E-state index is -0.872. The minimum absolute atomic E-state index is 0.0224. The lowest BCUT2D eigenvalue weighted by atomic mass is 9.96. The lowest BCUT2D eigenvalue weighted by Gasteiger charge is -2.30. The van der Waals surface area contributed by atoms with Gasteiger partial charge in [0.2, 0.25) is 5.82 Å². The number of benzene rings is 2. The van der Waals surface area contributed by atoms with Crippen LogP contribution in [0.15, 0.2) is 53.3 Å². The first-order valence-electron chi connectivity index (χ1n) is 13.0. The van der Waals surface area contributed by atoms with Gasteiger partial charge < -0.3 is 5.11 Å². The molecule has 0 spiro atoms. The summed E-state index contributed by atoms with van der Waals surface area (Å²) >= 11 is 0. The third kappa shape index (κ3) is 4.73. The van der Waals surface area contributed by atoms with Crippen LogP contribution >= 0.6 is 0 Å². The van der Waals surface area contributed by atoms with Crippen molar-refractivity contribution in [3.05, 3.63) is 75.7 Å². The van der Waals surface area contributed by atoms with Crippen LogP contribution in [-0.4, -0.2) is 41.1 Å². The largest absolute Gasteiger partial charge is 0.480 e. The fourth-order valence-corrected chi connectivity index (χ4v) is 5.45. The molecule has 192 valence electrons. The number of carbonyl (C=O) groups is 1. The number of rotatable bonds is 9. The summed E-state index contributed by atoms with van der Waals surface area (Å²) in [5, 5.41) is 24.4. The molecule has 0 saturated heterocycles. The molecule has 2 atom stereocenters. The van der Waals surface area contributed by atoms with Crippen LogP contribution in [0.3, 0.4) is 0 Å². The Morgan fingerprint density at radius 3 is 2.49 bits per heavy atom. The number of aliphatic carboxylic acids is 1. The lowest BCUT2D eigenvalue weighted by Crippen LogP contribution is -2.37. The van der Waals surface area contributed by atoms with Crippen molar-refractivity contribution >= 4 is 5.97 Å². The van der Waals surface area contributed by atoms with Crippen molar-refractivity contribution in [1.82, 2.24) is 30.0 Å². The molecular weight excluding hydrogens is 468 g/mol. The number of carboxylic acids is 1. The molecule has 2 N–H and O–H groups in total. The number of nitrogens with one attached hydrogen (secondary N) is 1. The predicted molar refractivity (Wildman–Crippen MR) is 140 cm³/mol. The number of aromatic amines is 1. The Morgan fingerprint density at radius 2 is 1.81 bits per heavy atom. The Kier molecular flexibility index (Phi) is 7.03. The number of carboxylic acid groups (broad SMARTS) is 1. The zero-order valence-electron chi connectivity index (χ0n) is 21.2. The van der Waals surface area contributed by atoms with Crippen molar-refractivity contribution in [2.45, 2.75) is 70.9 Å². The molecule has 9 nitrogen and oxygen atoms in total. The molecule has 2 unspecified atom stereocenters. The first kappa shape index (κ1) is 24.7. The Hall–Kier alpha value is -4.01. The Balaban J connectivity index is 1.51. The molecule has 0 aliphatic carbocycles. The van der Waals surface area contributed by atoms with Gasteiger partial charge in [-0.05, 0) is 54.5 Å². The highest BCUT2D eigenvalue weighted by atomic mass is 16.4. The molecule has 0 fully saturated rings. The highest BCUT2D eigenvalue weighted by Gasteiger charge is 2.34. The van der Waals surface area contributed by atoms with Crippen LogP contribution in [0, 0.1) is 0 Å². The van der Waals surface area contributed by atoms with Crippen molar-refractivity contribution in [3.8, 4) is 22.5 Å². The van der Waals surface area contributed by atoms with Crippen LogP contribution in [0.25, 0.3) is 22.5 Å². The first-order valence-corrected chi connectivity index (χ1v) is 13.0. The first-order chi connectivity index (χ1) is 18.0. The molecule has 2 aromatic carbocycles. The molecular formula is C28H32N6O3. The highest BCUT2D eigenvalue weighted by Crippen LogP contribution is 2.33. The van der Waals surface area contributed by atoms with Crippen LogP contribution < -0.4 is 5.56 Å². The fraction of sp³-hybridized carbons (Fsp3) is 0.393. The number of nitrogens with zero attached hydrogens (tertiary/aromatic N) is 5. The van der Waals surface area contributed by atoms with Crippen molar-refractivity contribution in [1.29, 1.82) is 0 Å². The molecule has 1 aliphatic rings. The van der Waals surface area contributed by atoms with E-state index >= 15 is 0 Å². The maximum Gasteiger partial charge on any atom is 0.328 e. The van der Waals surface area contributed by atoms with E-state index in [2.05, 4.69) is 27.5 Å². The second-order valence-corrected chi connectivity index (χ2v) is 9.81. The zero-order valence-corrected chi connectivity index (χ0v) is 21.2. The zero-order chi connectivity index (χ0) is 25.9. The summed E-state index contributed by atoms with van der Waals surface area (Å²) in [5.74, 6) is -0.338. The number of hydrogen-bond donors (Lipinski definition) is 2. The molecule has 0 radical (unpaired) electrons. The van der Waals surface area contributed by atoms with E-state index in [4.69, 9.17) is 0 Å². The number of fused-ring (bicyclic) bond motifs is 1. The molecule has 3 heterocycles. The molecule has 0 amide bonds. The van der Waals surface area contributed by atoms with Gasteiger partial charge in [-0.1, -0.05) is 68.3 Å². The molecule has 37 heavy (non-hydrogen) atoms. The van der Waals surface area contributed by atoms with Crippen molar-refractivity contribution in [3.63, 3.8) is 0 Å². The summed E-state index contributed by atoms with van der Waals surface area (Å²) in [6.07, 6.45) is 5.44. The summed E-state index contributed by atoms with van der Waals surface area (Å²) in [6.45, 7) is 4.15. The molecule has 5 rings (SSSR count). The van der Waals surface area contributed by atoms with Gasteiger partial charge in [-0.15, -0.1) is 10.2 Å². The lowest BCUT2D eigenvalue weighted by molar-refractivity contribution is -0.142. The Labute approximate surface area is 215 Å². The van der Waals surface area contributed by atoms with Gasteiger partial charge in [0.25, 0.3) is 5.56 Å². The van der Waals surface area contributed by atoms with Crippen LogP contribution in [0.2, 0.25) is 0 Å². The topological polar surface area (TPSA) is 119 Å². The Bertz CT molecular complexity index is 1440. The van der Waals surface area contributed by atoms with E-state index in [-0.39, 0.29) is 11.6 Å². The quantitative estimate of drug-likeness (QED) is 0.319. The van der Waals surface area contributed by atoms with Gasteiger partial charge in [-0.25, -0.2) is 9.48 Å². The number of H-pyrrole nitrogens is 1. The maximum absolute atomic E-state index is 13.6. The van der Waals surface area contributed by atoms with Crippen molar-refractivity contribution < 1.29 is 9.90 Å². The monoisotopic (exact) mass is 500 g/mol. The number of aromatic nitrogens is 6. The molecule has 1 aliphatic heterocycles. The van der Waals surface area contributed by atoms with E-state index in [1.165, 1.54) is 0 Å². The van der Waals surface area contributed by atoms with Gasteiger partial charge in [0, 0.05) is 23.2 Å². The Morgan fingerprint density at radius 1 is 1.05 bits per heavy atom. The molecule has 9 heteroatoms. The minimum Gasteiger partial charge on any atom is -0.480 e. The van der Waals surface area contributed by atoms with Gasteiger partial charge in [-0.3, -0.25) is 9.48 Å². The van der Waals surface area contributed by atoms with Gasteiger partial charge in [-0.2, -0.15) is 5.21 Å². The number of hydrogen-bond acceptors (Lipinski definition) is 5. The van der Waals surface area contributed by atoms with Gasteiger partial charge in [0.15, 0.2) is 0 Å². The second kappa shape index (κ2) is 10.5. The van der Waals surface area contributed by atoms with Crippen LogP contribution in [-0.2, 0) is 17.6 Å².